The Hall–Kier alpha value is -3.34. The highest BCUT2D eigenvalue weighted by molar-refractivity contribution is 7.13. The first kappa shape index (κ1) is 30.6. The van der Waals surface area contributed by atoms with Gasteiger partial charge in [-0.05, 0) is 62.5 Å². The number of rotatable bonds is 11. The molecular weight excluding hydrogens is 534 g/mol. The molecule has 220 valence electrons. The summed E-state index contributed by atoms with van der Waals surface area (Å²) >= 11 is 1.65. The first-order chi connectivity index (χ1) is 20.0. The number of carbonyl (C=O) groups excluding carboxylic acids is 1. The second-order valence-electron chi connectivity index (χ2n) is 9.94. The Balaban J connectivity index is 0.00000189. The maximum atomic E-state index is 13.5. The molecule has 0 aliphatic carbocycles. The van der Waals surface area contributed by atoms with E-state index in [9.17, 15) is 4.79 Å². The number of nitrogens with one attached hydrogen (secondary N) is 1. The Labute approximate surface area is 247 Å². The summed E-state index contributed by atoms with van der Waals surface area (Å²) in [5, 5.41) is 9.74. The van der Waals surface area contributed by atoms with Gasteiger partial charge in [0.25, 0.3) is 5.91 Å². The second kappa shape index (κ2) is 14.5. The van der Waals surface area contributed by atoms with Crippen molar-refractivity contribution in [2.24, 2.45) is 0 Å². The summed E-state index contributed by atoms with van der Waals surface area (Å²) in [6.45, 7) is 14.4. The molecule has 0 spiro atoms. The van der Waals surface area contributed by atoms with Crippen molar-refractivity contribution in [3.63, 3.8) is 0 Å². The molecule has 0 aromatic carbocycles. The van der Waals surface area contributed by atoms with Gasteiger partial charge < -0.3 is 15.0 Å². The van der Waals surface area contributed by atoms with E-state index in [0.29, 0.717) is 30.1 Å². The first-order valence-electron chi connectivity index (χ1n) is 14.7. The van der Waals surface area contributed by atoms with Crippen LogP contribution in [0.25, 0.3) is 27.5 Å². The third-order valence-electron chi connectivity index (χ3n) is 7.52. The average molecular weight is 578 g/mol. The van der Waals surface area contributed by atoms with Gasteiger partial charge in [0.2, 0.25) is 0 Å². The van der Waals surface area contributed by atoms with Crippen LogP contribution in [-0.2, 0) is 4.74 Å². The molecule has 0 radical (unpaired) electrons. The fourth-order valence-corrected chi connectivity index (χ4v) is 6.06. The van der Waals surface area contributed by atoms with Crippen LogP contribution in [0.5, 0.6) is 0 Å². The van der Waals surface area contributed by atoms with Crippen molar-refractivity contribution >= 4 is 28.7 Å². The summed E-state index contributed by atoms with van der Waals surface area (Å²) in [6, 6.07) is 10.3. The summed E-state index contributed by atoms with van der Waals surface area (Å²) < 4.78 is 7.26. The number of likely N-dealkylation sites (N-methyl/N-ethyl adjacent to an activating group) is 1. The van der Waals surface area contributed by atoms with E-state index in [1.165, 1.54) is 0 Å². The minimum atomic E-state index is -0.106. The van der Waals surface area contributed by atoms with E-state index in [1.807, 2.05) is 49.7 Å². The molecule has 5 rings (SSSR count). The zero-order valence-electron chi connectivity index (χ0n) is 25.1. The van der Waals surface area contributed by atoms with Crippen molar-refractivity contribution in [1.29, 1.82) is 0 Å². The number of hydrogen-bond donors (Lipinski definition) is 1. The minimum Gasteiger partial charge on any atom is -0.383 e. The number of pyridine rings is 1. The lowest BCUT2D eigenvalue weighted by molar-refractivity contribution is 0.0938. The van der Waals surface area contributed by atoms with Gasteiger partial charge in [0.15, 0.2) is 5.65 Å². The molecule has 2 atom stereocenters. The van der Waals surface area contributed by atoms with Gasteiger partial charge in [-0.2, -0.15) is 5.10 Å². The van der Waals surface area contributed by atoms with Crippen LogP contribution in [0, 0.1) is 0 Å². The number of aromatic nitrogens is 4. The first-order valence-corrected chi connectivity index (χ1v) is 15.6. The van der Waals surface area contributed by atoms with E-state index in [4.69, 9.17) is 14.7 Å². The largest absolute Gasteiger partial charge is 0.383 e. The number of carbonyl (C=O) groups is 1. The van der Waals surface area contributed by atoms with Crippen LogP contribution in [0.4, 0.5) is 5.82 Å². The fraction of sp³-hybridized carbons (Fsp3) is 0.484. The number of amides is 1. The predicted octanol–water partition coefficient (Wildman–Crippen LogP) is 5.62. The summed E-state index contributed by atoms with van der Waals surface area (Å²) in [5.41, 5.74) is 3.66. The number of hydrogen-bond acceptors (Lipinski definition) is 8. The van der Waals surface area contributed by atoms with E-state index in [-0.39, 0.29) is 18.0 Å². The fourth-order valence-electron chi connectivity index (χ4n) is 5.36. The Bertz CT molecular complexity index is 1400. The molecule has 1 fully saturated rings. The molecule has 1 N–H and O–H groups in total. The van der Waals surface area contributed by atoms with Crippen molar-refractivity contribution in [3.05, 3.63) is 53.7 Å². The number of methoxy groups -OCH3 is 1. The molecule has 0 saturated carbocycles. The van der Waals surface area contributed by atoms with Crippen LogP contribution >= 0.6 is 11.3 Å². The molecule has 10 heteroatoms. The summed E-state index contributed by atoms with van der Waals surface area (Å²) in [6.07, 6.45) is 5.80. The zero-order valence-corrected chi connectivity index (χ0v) is 25.9. The highest BCUT2D eigenvalue weighted by Crippen LogP contribution is 2.31. The second-order valence-corrected chi connectivity index (χ2v) is 10.9. The Morgan fingerprint density at radius 2 is 2.00 bits per heavy atom. The molecule has 2 unspecified atom stereocenters. The molecule has 1 amide bonds. The lowest BCUT2D eigenvalue weighted by Gasteiger charge is -2.27. The van der Waals surface area contributed by atoms with Gasteiger partial charge in [-0.1, -0.05) is 33.8 Å². The highest BCUT2D eigenvalue weighted by atomic mass is 32.1. The maximum absolute atomic E-state index is 13.5. The molecule has 1 saturated heterocycles. The van der Waals surface area contributed by atoms with E-state index in [1.54, 1.807) is 29.2 Å². The standard InChI is InChI=1S/C29H37N7O2S.C2H6/c1-5-34(6-2)20(3)17-30-29(37)21-15-25(32-27(16-21)35-12-7-9-22(35)19-38-4)23-18-31-36-13-11-24(33-28(23)36)26-10-8-14-39-26;1-2/h8,10-11,13-16,18,20,22H,5-7,9,12,17,19H2,1-4H3,(H,30,37);1-2H3. The van der Waals surface area contributed by atoms with Gasteiger partial charge in [0.1, 0.15) is 5.82 Å². The lowest BCUT2D eigenvalue weighted by atomic mass is 10.1. The van der Waals surface area contributed by atoms with Crippen molar-refractivity contribution < 1.29 is 9.53 Å². The third-order valence-corrected chi connectivity index (χ3v) is 8.41. The molecule has 5 heterocycles. The molecule has 1 aliphatic rings. The summed E-state index contributed by atoms with van der Waals surface area (Å²) in [7, 11) is 1.73. The summed E-state index contributed by atoms with van der Waals surface area (Å²) in [5.74, 6) is 0.674. The van der Waals surface area contributed by atoms with Gasteiger partial charge in [-0.3, -0.25) is 9.69 Å². The van der Waals surface area contributed by atoms with Crippen LogP contribution in [0.1, 0.15) is 57.8 Å². The van der Waals surface area contributed by atoms with Crippen LogP contribution in [0.3, 0.4) is 0 Å². The monoisotopic (exact) mass is 577 g/mol. The van der Waals surface area contributed by atoms with Gasteiger partial charge in [0, 0.05) is 38.0 Å². The van der Waals surface area contributed by atoms with Crippen molar-refractivity contribution in [1.82, 2.24) is 29.8 Å². The van der Waals surface area contributed by atoms with Crippen LogP contribution in [0.15, 0.2) is 48.1 Å². The Kier molecular flexibility index (Phi) is 10.8. The number of ether oxygens (including phenoxy) is 1. The van der Waals surface area contributed by atoms with Crippen LogP contribution < -0.4 is 10.2 Å². The Morgan fingerprint density at radius 3 is 2.71 bits per heavy atom. The quantitative estimate of drug-likeness (QED) is 0.248. The topological polar surface area (TPSA) is 87.9 Å². The smallest absolute Gasteiger partial charge is 0.251 e. The normalized spacial score (nSPS) is 15.7. The molecule has 41 heavy (non-hydrogen) atoms. The van der Waals surface area contributed by atoms with Crippen molar-refractivity contribution in [2.45, 2.75) is 59.5 Å². The molecule has 4 aromatic rings. The molecule has 0 bridgehead atoms. The number of anilines is 1. The summed E-state index contributed by atoms with van der Waals surface area (Å²) in [4.78, 5) is 29.2. The Morgan fingerprint density at radius 1 is 1.20 bits per heavy atom. The van der Waals surface area contributed by atoms with Gasteiger partial charge in [0.05, 0.1) is 40.7 Å². The molecular formula is C31H43N7O2S. The van der Waals surface area contributed by atoms with Crippen LogP contribution in [0.2, 0.25) is 0 Å². The number of thiophene rings is 1. The van der Waals surface area contributed by atoms with E-state index in [2.05, 4.69) is 47.1 Å². The average Bonchev–Trinajstić information content (AvgIpc) is 3.79. The van der Waals surface area contributed by atoms with Gasteiger partial charge in [-0.15, -0.1) is 11.3 Å². The number of nitrogens with zero attached hydrogens (tertiary/aromatic N) is 6. The predicted molar refractivity (Wildman–Crippen MR) is 168 cm³/mol. The molecule has 1 aliphatic heterocycles. The third kappa shape index (κ3) is 6.94. The van der Waals surface area contributed by atoms with Crippen LogP contribution in [-0.4, -0.2) is 82.4 Å². The van der Waals surface area contributed by atoms with Gasteiger partial charge in [-0.25, -0.2) is 14.5 Å². The molecule has 9 nitrogen and oxygen atoms in total. The van der Waals surface area contributed by atoms with E-state index >= 15 is 0 Å². The van der Waals surface area contributed by atoms with E-state index in [0.717, 1.165) is 54.4 Å². The van der Waals surface area contributed by atoms with Crippen molar-refractivity contribution in [2.75, 3.05) is 44.8 Å². The lowest BCUT2D eigenvalue weighted by Crippen LogP contribution is -2.42. The number of fused-ring (bicyclic) bond motifs is 1. The minimum absolute atomic E-state index is 0.106. The highest BCUT2D eigenvalue weighted by Gasteiger charge is 2.27. The van der Waals surface area contributed by atoms with Gasteiger partial charge >= 0.3 is 0 Å². The molecule has 4 aromatic heterocycles. The maximum Gasteiger partial charge on any atom is 0.251 e. The van der Waals surface area contributed by atoms with Crippen molar-refractivity contribution in [3.8, 4) is 21.8 Å². The zero-order chi connectivity index (χ0) is 29.4. The van der Waals surface area contributed by atoms with E-state index < -0.39 is 0 Å². The SMILES string of the molecule is CC.CCN(CC)C(C)CNC(=O)c1cc(-c2cnn3ccc(-c4cccs4)nc23)nc(N2CCCC2COC)c1.